The van der Waals surface area contributed by atoms with Crippen molar-refractivity contribution in [3.8, 4) is 0 Å². The lowest BCUT2D eigenvalue weighted by Gasteiger charge is -2.14. The fraction of sp³-hybridized carbons (Fsp3) is 0.364. The van der Waals surface area contributed by atoms with E-state index in [0.29, 0.717) is 10.0 Å². The highest BCUT2D eigenvalue weighted by molar-refractivity contribution is 9.10. The summed E-state index contributed by atoms with van der Waals surface area (Å²) >= 11 is 3.16. The third kappa shape index (κ3) is 4.77. The average Bonchev–Trinajstić information content (AvgIpc) is 2.15. The molecule has 6 heteroatoms. The van der Waals surface area contributed by atoms with Crippen LogP contribution in [0, 0.1) is 0 Å². The lowest BCUT2D eigenvalue weighted by Crippen LogP contribution is -2.16. The number of carboxylic acids is 1. The van der Waals surface area contributed by atoms with Crippen LogP contribution in [-0.4, -0.2) is 17.3 Å². The zero-order valence-electron chi connectivity index (χ0n) is 8.67. The van der Waals surface area contributed by atoms with Gasteiger partial charge >= 0.3 is 12.1 Å². The maximum absolute atomic E-state index is 12.1. The van der Waals surface area contributed by atoms with Crippen molar-refractivity contribution in [3.05, 3.63) is 34.3 Å². The Morgan fingerprint density at radius 1 is 1.41 bits per heavy atom. The van der Waals surface area contributed by atoms with Crippen molar-refractivity contribution in [2.24, 2.45) is 0 Å². The molecule has 1 atom stereocenters. The first-order valence-corrected chi connectivity index (χ1v) is 5.64. The van der Waals surface area contributed by atoms with Crippen LogP contribution in [0.5, 0.6) is 0 Å². The summed E-state index contributed by atoms with van der Waals surface area (Å²) in [5.41, 5.74) is 0.371. The molecule has 1 unspecified atom stereocenters. The molecule has 0 heterocycles. The zero-order valence-corrected chi connectivity index (χ0v) is 10.3. The van der Waals surface area contributed by atoms with Crippen LogP contribution in [0.2, 0.25) is 0 Å². The third-order valence-electron chi connectivity index (χ3n) is 2.27. The lowest BCUT2D eigenvalue weighted by molar-refractivity contribution is -0.145. The number of rotatable bonds is 4. The van der Waals surface area contributed by atoms with E-state index in [1.54, 1.807) is 12.1 Å². The Labute approximate surface area is 105 Å². The number of alkyl halides is 3. The van der Waals surface area contributed by atoms with Crippen molar-refractivity contribution in [2.75, 3.05) is 0 Å². The molecule has 1 N–H and O–H groups in total. The van der Waals surface area contributed by atoms with Gasteiger partial charge in [0.25, 0.3) is 0 Å². The molecule has 0 aliphatic rings. The van der Waals surface area contributed by atoms with Crippen molar-refractivity contribution in [1.82, 2.24) is 0 Å². The number of hydrogen-bond donors (Lipinski definition) is 1. The van der Waals surface area contributed by atoms with Gasteiger partial charge in [-0.15, -0.1) is 0 Å². The summed E-state index contributed by atoms with van der Waals surface area (Å²) in [5.74, 6) is -2.37. The van der Waals surface area contributed by atoms with Crippen molar-refractivity contribution in [2.45, 2.75) is 24.9 Å². The quantitative estimate of drug-likeness (QED) is 0.914. The summed E-state index contributed by atoms with van der Waals surface area (Å²) < 4.78 is 36.9. The summed E-state index contributed by atoms with van der Waals surface area (Å²) in [6.45, 7) is 0. The summed E-state index contributed by atoms with van der Waals surface area (Å²) in [7, 11) is 0. The van der Waals surface area contributed by atoms with E-state index in [4.69, 9.17) is 5.11 Å². The molecular formula is C11H10BrF3O2. The molecule has 0 radical (unpaired) electrons. The number of carboxylic acid groups (broad SMARTS) is 1. The van der Waals surface area contributed by atoms with Gasteiger partial charge in [0, 0.05) is 10.9 Å². The van der Waals surface area contributed by atoms with Crippen LogP contribution in [-0.2, 0) is 4.79 Å². The molecule has 0 saturated carbocycles. The van der Waals surface area contributed by atoms with Gasteiger partial charge in [0.1, 0.15) is 0 Å². The van der Waals surface area contributed by atoms with E-state index >= 15 is 0 Å². The SMILES string of the molecule is O=C(O)C(CCC(F)(F)F)c1cccc(Br)c1. The van der Waals surface area contributed by atoms with Crippen molar-refractivity contribution >= 4 is 21.9 Å². The molecule has 0 aliphatic heterocycles. The molecule has 1 aromatic carbocycles. The van der Waals surface area contributed by atoms with E-state index in [-0.39, 0.29) is 0 Å². The topological polar surface area (TPSA) is 37.3 Å². The maximum atomic E-state index is 12.1. The van der Waals surface area contributed by atoms with Crippen LogP contribution in [0.1, 0.15) is 24.3 Å². The number of hydrogen-bond acceptors (Lipinski definition) is 1. The Bertz CT molecular complexity index is 404. The first-order valence-electron chi connectivity index (χ1n) is 4.84. The standard InChI is InChI=1S/C11H10BrF3O2/c12-8-3-1-2-7(6-8)9(10(16)17)4-5-11(13,14)15/h1-3,6,9H,4-5H2,(H,16,17). The summed E-state index contributed by atoms with van der Waals surface area (Å²) in [6.07, 6.45) is -5.88. The Balaban J connectivity index is 2.83. The van der Waals surface area contributed by atoms with Crippen LogP contribution in [0.15, 0.2) is 28.7 Å². The van der Waals surface area contributed by atoms with Gasteiger partial charge in [-0.3, -0.25) is 4.79 Å². The molecule has 0 aromatic heterocycles. The number of halogens is 4. The fourth-order valence-electron chi connectivity index (χ4n) is 1.46. The smallest absolute Gasteiger partial charge is 0.389 e. The highest BCUT2D eigenvalue weighted by Crippen LogP contribution is 2.30. The molecule has 0 saturated heterocycles. The molecule has 1 rings (SSSR count). The van der Waals surface area contributed by atoms with E-state index < -0.39 is 30.9 Å². The van der Waals surface area contributed by atoms with Crippen LogP contribution < -0.4 is 0 Å². The number of aliphatic carboxylic acids is 1. The molecule has 0 spiro atoms. The molecule has 94 valence electrons. The predicted octanol–water partition coefficient (Wildman–Crippen LogP) is 3.96. The Hall–Kier alpha value is -1.04. The monoisotopic (exact) mass is 310 g/mol. The van der Waals surface area contributed by atoms with E-state index in [1.807, 2.05) is 0 Å². The second-order valence-electron chi connectivity index (χ2n) is 3.60. The summed E-state index contributed by atoms with van der Waals surface area (Å²) in [5, 5.41) is 8.93. The van der Waals surface area contributed by atoms with Crippen molar-refractivity contribution in [3.63, 3.8) is 0 Å². The average molecular weight is 311 g/mol. The Morgan fingerprint density at radius 3 is 2.53 bits per heavy atom. The lowest BCUT2D eigenvalue weighted by atomic mass is 9.94. The van der Waals surface area contributed by atoms with E-state index in [2.05, 4.69) is 15.9 Å². The fourth-order valence-corrected chi connectivity index (χ4v) is 1.88. The van der Waals surface area contributed by atoms with Gasteiger partial charge in [0.05, 0.1) is 5.92 Å². The first kappa shape index (κ1) is 14.0. The van der Waals surface area contributed by atoms with Gasteiger partial charge in [-0.25, -0.2) is 0 Å². The second kappa shape index (κ2) is 5.53. The second-order valence-corrected chi connectivity index (χ2v) is 4.52. The van der Waals surface area contributed by atoms with Crippen molar-refractivity contribution < 1.29 is 23.1 Å². The van der Waals surface area contributed by atoms with Crippen LogP contribution in [0.3, 0.4) is 0 Å². The molecule has 0 fully saturated rings. The van der Waals surface area contributed by atoms with Gasteiger partial charge in [0.2, 0.25) is 0 Å². The van der Waals surface area contributed by atoms with Gasteiger partial charge < -0.3 is 5.11 Å². The number of carbonyl (C=O) groups is 1. The highest BCUT2D eigenvalue weighted by atomic mass is 79.9. The molecule has 0 aliphatic carbocycles. The first-order chi connectivity index (χ1) is 7.79. The highest BCUT2D eigenvalue weighted by Gasteiger charge is 2.31. The predicted molar refractivity (Wildman–Crippen MR) is 59.8 cm³/mol. The van der Waals surface area contributed by atoms with Gasteiger partial charge in [0.15, 0.2) is 0 Å². The minimum atomic E-state index is -4.33. The zero-order chi connectivity index (χ0) is 13.1. The minimum absolute atomic E-state index is 0.371. The van der Waals surface area contributed by atoms with Gasteiger partial charge in [-0.1, -0.05) is 28.1 Å². The minimum Gasteiger partial charge on any atom is -0.481 e. The Morgan fingerprint density at radius 2 is 2.06 bits per heavy atom. The van der Waals surface area contributed by atoms with Gasteiger partial charge in [-0.2, -0.15) is 13.2 Å². The summed E-state index contributed by atoms with van der Waals surface area (Å²) in [6, 6.07) is 6.32. The third-order valence-corrected chi connectivity index (χ3v) is 2.76. The molecular weight excluding hydrogens is 301 g/mol. The molecule has 0 bridgehead atoms. The Kier molecular flexibility index (Phi) is 4.56. The normalized spacial score (nSPS) is 13.4. The van der Waals surface area contributed by atoms with Gasteiger partial charge in [-0.05, 0) is 24.1 Å². The molecule has 1 aromatic rings. The molecule has 17 heavy (non-hydrogen) atoms. The van der Waals surface area contributed by atoms with Crippen molar-refractivity contribution in [1.29, 1.82) is 0 Å². The van der Waals surface area contributed by atoms with Crippen LogP contribution >= 0.6 is 15.9 Å². The molecule has 2 nitrogen and oxygen atoms in total. The van der Waals surface area contributed by atoms with Crippen LogP contribution in [0.25, 0.3) is 0 Å². The van der Waals surface area contributed by atoms with E-state index in [9.17, 15) is 18.0 Å². The van der Waals surface area contributed by atoms with Crippen LogP contribution in [0.4, 0.5) is 13.2 Å². The largest absolute Gasteiger partial charge is 0.481 e. The summed E-state index contributed by atoms with van der Waals surface area (Å²) in [4.78, 5) is 10.9. The van der Waals surface area contributed by atoms with E-state index in [1.165, 1.54) is 12.1 Å². The maximum Gasteiger partial charge on any atom is 0.389 e. The van der Waals surface area contributed by atoms with E-state index in [0.717, 1.165) is 0 Å². The molecule has 0 amide bonds. The number of benzene rings is 1.